The highest BCUT2D eigenvalue weighted by Gasteiger charge is 2.39. The summed E-state index contributed by atoms with van der Waals surface area (Å²) in [5, 5.41) is 0. The monoisotopic (exact) mass is 362 g/mol. The topological polar surface area (TPSA) is 68.3 Å². The molecule has 2 bridgehead atoms. The van der Waals surface area contributed by atoms with E-state index < -0.39 is 0 Å². The fraction of sp³-hybridized carbons (Fsp3) is 0.579. The lowest BCUT2D eigenvalue weighted by Gasteiger charge is -2.36. The molecule has 3 fully saturated rings. The molecule has 3 heterocycles. The molecule has 3 saturated heterocycles. The summed E-state index contributed by atoms with van der Waals surface area (Å²) in [6.07, 6.45) is 1.96. The zero-order valence-corrected chi connectivity index (χ0v) is 15.8. The first kappa shape index (κ1) is 18.4. The van der Waals surface area contributed by atoms with E-state index >= 15 is 0 Å². The zero-order chi connectivity index (χ0) is 18.8. The second kappa shape index (κ2) is 7.43. The molecule has 0 unspecified atom stereocenters. The number of carbonyl (C=O) groups is 2. The van der Waals surface area contributed by atoms with E-state index in [4.69, 9.17) is 14.2 Å². The molecule has 0 aliphatic carbocycles. The largest absolute Gasteiger partial charge is 0.493 e. The van der Waals surface area contributed by atoms with Gasteiger partial charge in [0.05, 0.1) is 26.9 Å². The van der Waals surface area contributed by atoms with Crippen molar-refractivity contribution in [1.29, 1.82) is 0 Å². The third kappa shape index (κ3) is 3.18. The third-order valence-corrected chi connectivity index (χ3v) is 5.35. The van der Waals surface area contributed by atoms with E-state index in [2.05, 4.69) is 0 Å². The van der Waals surface area contributed by atoms with Gasteiger partial charge in [0.2, 0.25) is 11.7 Å². The van der Waals surface area contributed by atoms with Gasteiger partial charge in [0.1, 0.15) is 0 Å². The predicted molar refractivity (Wildman–Crippen MR) is 95.9 cm³/mol. The number of fused-ring (bicyclic) bond motifs is 4. The van der Waals surface area contributed by atoms with Crippen LogP contribution in [0.2, 0.25) is 0 Å². The summed E-state index contributed by atoms with van der Waals surface area (Å²) < 4.78 is 16.2. The minimum Gasteiger partial charge on any atom is -0.493 e. The first-order valence-corrected chi connectivity index (χ1v) is 8.85. The van der Waals surface area contributed by atoms with E-state index in [1.165, 1.54) is 14.2 Å². The average Bonchev–Trinajstić information content (AvgIpc) is 2.98. The van der Waals surface area contributed by atoms with Crippen LogP contribution in [0, 0.1) is 5.92 Å². The van der Waals surface area contributed by atoms with Crippen molar-refractivity contribution in [2.24, 2.45) is 5.92 Å². The highest BCUT2D eigenvalue weighted by Crippen LogP contribution is 2.41. The van der Waals surface area contributed by atoms with Crippen molar-refractivity contribution in [3.05, 3.63) is 17.7 Å². The summed E-state index contributed by atoms with van der Waals surface area (Å²) in [4.78, 5) is 28.9. The van der Waals surface area contributed by atoms with Gasteiger partial charge in [-0.15, -0.1) is 0 Å². The number of carbonyl (C=O) groups excluding carboxylic acids is 2. The SMILES string of the molecule is COc1ccc(C(=O)N2C[C@H]3CC[C@@H]2CN(C(C)=O)C3)c(OC)c1OC. The van der Waals surface area contributed by atoms with Gasteiger partial charge in [0.15, 0.2) is 11.5 Å². The van der Waals surface area contributed by atoms with Crippen LogP contribution in [0.25, 0.3) is 0 Å². The molecule has 1 aromatic rings. The van der Waals surface area contributed by atoms with E-state index in [0.29, 0.717) is 41.8 Å². The minimum absolute atomic E-state index is 0.0305. The first-order chi connectivity index (χ1) is 12.5. The van der Waals surface area contributed by atoms with Crippen LogP contribution < -0.4 is 14.2 Å². The van der Waals surface area contributed by atoms with E-state index in [0.717, 1.165) is 19.4 Å². The molecule has 3 aliphatic heterocycles. The Morgan fingerprint density at radius 1 is 0.962 bits per heavy atom. The molecule has 7 heteroatoms. The standard InChI is InChI=1S/C19H26N2O5/c1-12(22)20-9-13-5-6-14(11-20)21(10-13)19(23)15-7-8-16(24-2)18(26-4)17(15)25-3/h7-8,13-14H,5-6,9-11H2,1-4H3/t13-,14+/m0/s1. The molecular weight excluding hydrogens is 336 g/mol. The molecule has 2 atom stereocenters. The fourth-order valence-corrected chi connectivity index (χ4v) is 4.01. The van der Waals surface area contributed by atoms with E-state index in [9.17, 15) is 9.59 Å². The number of hydrogen-bond acceptors (Lipinski definition) is 5. The van der Waals surface area contributed by atoms with Gasteiger partial charge in [-0.3, -0.25) is 9.59 Å². The molecule has 3 aliphatic rings. The van der Waals surface area contributed by atoms with Crippen molar-refractivity contribution in [3.8, 4) is 17.2 Å². The second-order valence-electron chi connectivity index (χ2n) is 6.86. The number of benzene rings is 1. The second-order valence-corrected chi connectivity index (χ2v) is 6.86. The number of hydrogen-bond donors (Lipinski definition) is 0. The van der Waals surface area contributed by atoms with E-state index in [-0.39, 0.29) is 17.9 Å². The molecule has 2 amide bonds. The zero-order valence-electron chi connectivity index (χ0n) is 15.8. The van der Waals surface area contributed by atoms with Gasteiger partial charge >= 0.3 is 0 Å². The van der Waals surface area contributed by atoms with Crippen LogP contribution in [0.3, 0.4) is 0 Å². The van der Waals surface area contributed by atoms with Crippen molar-refractivity contribution >= 4 is 11.8 Å². The van der Waals surface area contributed by atoms with Crippen LogP contribution in [-0.4, -0.2) is 68.6 Å². The van der Waals surface area contributed by atoms with Gasteiger partial charge in [-0.05, 0) is 30.9 Å². The Labute approximate surface area is 153 Å². The Balaban J connectivity index is 1.93. The maximum atomic E-state index is 13.3. The molecule has 0 N–H and O–H groups in total. The summed E-state index contributed by atoms with van der Waals surface area (Å²) >= 11 is 0. The maximum absolute atomic E-state index is 13.3. The van der Waals surface area contributed by atoms with Crippen molar-refractivity contribution < 1.29 is 23.8 Å². The Morgan fingerprint density at radius 2 is 1.69 bits per heavy atom. The van der Waals surface area contributed by atoms with E-state index in [1.54, 1.807) is 26.2 Å². The molecule has 26 heavy (non-hydrogen) atoms. The molecule has 7 nitrogen and oxygen atoms in total. The lowest BCUT2D eigenvalue weighted by atomic mass is 9.94. The highest BCUT2D eigenvalue weighted by molar-refractivity contribution is 5.98. The van der Waals surface area contributed by atoms with E-state index in [1.807, 2.05) is 9.80 Å². The molecule has 1 aromatic carbocycles. The van der Waals surface area contributed by atoms with Crippen LogP contribution in [-0.2, 0) is 4.79 Å². The Kier molecular flexibility index (Phi) is 5.25. The van der Waals surface area contributed by atoms with Crippen molar-refractivity contribution in [2.75, 3.05) is 41.0 Å². The van der Waals surface area contributed by atoms with Crippen LogP contribution in [0.1, 0.15) is 30.1 Å². The molecule has 0 aromatic heterocycles. The molecule has 4 rings (SSSR count). The average molecular weight is 362 g/mol. The Morgan fingerprint density at radius 3 is 2.31 bits per heavy atom. The summed E-state index contributed by atoms with van der Waals surface area (Å²) in [6, 6.07) is 3.46. The highest BCUT2D eigenvalue weighted by atomic mass is 16.5. The van der Waals surface area contributed by atoms with Crippen LogP contribution in [0.15, 0.2) is 12.1 Å². The van der Waals surface area contributed by atoms with Crippen molar-refractivity contribution in [2.45, 2.75) is 25.8 Å². The Bertz CT molecular complexity index is 705. The quantitative estimate of drug-likeness (QED) is 0.817. The van der Waals surface area contributed by atoms with Gasteiger partial charge in [0.25, 0.3) is 5.91 Å². The molecular formula is C19H26N2O5. The van der Waals surface area contributed by atoms with Gasteiger partial charge in [-0.2, -0.15) is 0 Å². The lowest BCUT2D eigenvalue weighted by Crippen LogP contribution is -2.47. The number of amides is 2. The normalized spacial score (nSPS) is 22.0. The third-order valence-electron chi connectivity index (χ3n) is 5.35. The Hall–Kier alpha value is -2.44. The summed E-state index contributed by atoms with van der Waals surface area (Å²) in [6.45, 7) is 3.56. The molecule has 0 spiro atoms. The van der Waals surface area contributed by atoms with Gasteiger partial charge in [0, 0.05) is 32.6 Å². The summed E-state index contributed by atoms with van der Waals surface area (Å²) in [5.41, 5.74) is 0.451. The number of ether oxygens (including phenoxy) is 3. The number of methoxy groups -OCH3 is 3. The van der Waals surface area contributed by atoms with Crippen molar-refractivity contribution in [1.82, 2.24) is 9.80 Å². The van der Waals surface area contributed by atoms with Gasteiger partial charge < -0.3 is 24.0 Å². The smallest absolute Gasteiger partial charge is 0.258 e. The number of nitrogens with zero attached hydrogens (tertiary/aromatic N) is 2. The van der Waals surface area contributed by atoms with Gasteiger partial charge in [-0.1, -0.05) is 0 Å². The molecule has 0 radical (unpaired) electrons. The molecule has 0 saturated carbocycles. The van der Waals surface area contributed by atoms with Crippen LogP contribution in [0.4, 0.5) is 0 Å². The van der Waals surface area contributed by atoms with Crippen molar-refractivity contribution in [3.63, 3.8) is 0 Å². The van der Waals surface area contributed by atoms with Gasteiger partial charge in [-0.25, -0.2) is 0 Å². The fourth-order valence-electron chi connectivity index (χ4n) is 4.01. The number of piperidine rings is 1. The first-order valence-electron chi connectivity index (χ1n) is 8.85. The predicted octanol–water partition coefficient (Wildman–Crippen LogP) is 1.80. The maximum Gasteiger partial charge on any atom is 0.258 e. The summed E-state index contributed by atoms with van der Waals surface area (Å²) in [7, 11) is 4.58. The lowest BCUT2D eigenvalue weighted by molar-refractivity contribution is -0.129. The van der Waals surface area contributed by atoms with Crippen LogP contribution in [0.5, 0.6) is 17.2 Å². The summed E-state index contributed by atoms with van der Waals surface area (Å²) in [5.74, 6) is 1.59. The minimum atomic E-state index is -0.0945. The molecule has 142 valence electrons. The number of rotatable bonds is 4. The van der Waals surface area contributed by atoms with Crippen LogP contribution >= 0.6 is 0 Å².